The van der Waals surface area contributed by atoms with Gasteiger partial charge in [0.1, 0.15) is 5.65 Å². The molecule has 4 aromatic rings. The number of aromatic nitrogens is 2. The fraction of sp³-hybridized carbons (Fsp3) is 0.0800. The van der Waals surface area contributed by atoms with Crippen molar-refractivity contribution in [3.05, 3.63) is 113 Å². The van der Waals surface area contributed by atoms with Gasteiger partial charge in [0.25, 0.3) is 0 Å². The van der Waals surface area contributed by atoms with Gasteiger partial charge in [0, 0.05) is 35.5 Å². The summed E-state index contributed by atoms with van der Waals surface area (Å²) >= 11 is 1.35. The van der Waals surface area contributed by atoms with Crippen LogP contribution in [0.5, 0.6) is 0 Å². The zero-order valence-corrected chi connectivity index (χ0v) is 21.0. The van der Waals surface area contributed by atoms with E-state index in [4.69, 9.17) is 0 Å². The Bertz CT molecular complexity index is 1470. The summed E-state index contributed by atoms with van der Waals surface area (Å²) in [6, 6.07) is 23.3. The molecule has 0 unspecified atom stereocenters. The van der Waals surface area contributed by atoms with E-state index in [0.717, 1.165) is 21.5 Å². The summed E-state index contributed by atoms with van der Waals surface area (Å²) < 4.78 is 55.1. The van der Waals surface area contributed by atoms with E-state index in [2.05, 4.69) is 4.98 Å². The number of sulfonamides is 2. The van der Waals surface area contributed by atoms with E-state index in [9.17, 15) is 16.8 Å². The second kappa shape index (κ2) is 11.0. The normalized spacial score (nSPS) is 12.8. The molecule has 0 aliphatic rings. The lowest BCUT2D eigenvalue weighted by Gasteiger charge is -2.18. The van der Waals surface area contributed by atoms with Crippen LogP contribution in [0.4, 0.5) is 0 Å². The highest BCUT2D eigenvalue weighted by atomic mass is 32.3. The van der Waals surface area contributed by atoms with Gasteiger partial charge in [-0.25, -0.2) is 21.8 Å². The predicted octanol–water partition coefficient (Wildman–Crippen LogP) is 4.73. The minimum Gasteiger partial charge on any atom is -0.294 e. The lowest BCUT2D eigenvalue weighted by atomic mass is 10.2. The summed E-state index contributed by atoms with van der Waals surface area (Å²) in [5.74, 6) is 0.216. The summed E-state index contributed by atoms with van der Waals surface area (Å²) in [5, 5.41) is 2.68. The monoisotopic (exact) mass is 525 g/mol. The first-order valence-electron chi connectivity index (χ1n) is 10.6. The van der Waals surface area contributed by atoms with Crippen LogP contribution < -0.4 is 0 Å². The van der Waals surface area contributed by atoms with Gasteiger partial charge in [0.15, 0.2) is 0 Å². The number of nitrogens with zero attached hydrogens (tertiary/aromatic N) is 3. The minimum atomic E-state index is -4.29. The summed E-state index contributed by atoms with van der Waals surface area (Å²) in [5.41, 5.74) is 2.05. The highest BCUT2D eigenvalue weighted by Crippen LogP contribution is 2.22. The molecule has 0 radical (unpaired) electrons. The molecule has 35 heavy (non-hydrogen) atoms. The zero-order chi connectivity index (χ0) is 24.7. The molecule has 0 aliphatic heterocycles. The Balaban J connectivity index is 1.59. The third-order valence-corrected chi connectivity index (χ3v) is 9.67. The second-order valence-electron chi connectivity index (χ2n) is 7.38. The number of thioether (sulfide) groups is 1. The van der Waals surface area contributed by atoms with Crippen molar-refractivity contribution in [1.29, 1.82) is 0 Å². The van der Waals surface area contributed by atoms with Crippen molar-refractivity contribution in [3.8, 4) is 0 Å². The first-order chi connectivity index (χ1) is 16.9. The summed E-state index contributed by atoms with van der Waals surface area (Å²) in [6.45, 7) is -0.237. The van der Waals surface area contributed by atoms with Gasteiger partial charge in [-0.2, -0.15) is 0 Å². The van der Waals surface area contributed by atoms with Crippen LogP contribution in [-0.2, 0) is 20.0 Å². The van der Waals surface area contributed by atoms with E-state index < -0.39 is 20.0 Å². The van der Waals surface area contributed by atoms with Gasteiger partial charge in [0.2, 0.25) is 20.0 Å². The number of fused-ring (bicyclic) bond motifs is 1. The van der Waals surface area contributed by atoms with Crippen LogP contribution in [0, 0.1) is 0 Å². The largest absolute Gasteiger partial charge is 0.294 e. The zero-order valence-electron chi connectivity index (χ0n) is 18.6. The first-order valence-corrected chi connectivity index (χ1v) is 14.6. The molecule has 0 aliphatic carbocycles. The van der Waals surface area contributed by atoms with Crippen molar-refractivity contribution < 1.29 is 16.8 Å². The number of benzene rings is 2. The van der Waals surface area contributed by atoms with Crippen molar-refractivity contribution in [2.45, 2.75) is 5.03 Å². The third-order valence-electron chi connectivity index (χ3n) is 4.95. The molecule has 2 aromatic carbocycles. The molecule has 0 atom stereocenters. The number of imidazole rings is 1. The van der Waals surface area contributed by atoms with Gasteiger partial charge in [0.05, 0.1) is 5.03 Å². The smallest absolute Gasteiger partial charge is 0.249 e. The molecule has 0 spiro atoms. The quantitative estimate of drug-likeness (QED) is 0.278. The number of hydrogen-bond acceptors (Lipinski definition) is 6. The van der Waals surface area contributed by atoms with Crippen molar-refractivity contribution >= 4 is 49.6 Å². The summed E-state index contributed by atoms with van der Waals surface area (Å²) in [6.07, 6.45) is 6.24. The predicted molar refractivity (Wildman–Crippen MR) is 141 cm³/mol. The molecule has 4 rings (SSSR count). The van der Waals surface area contributed by atoms with Gasteiger partial charge in [-0.05, 0) is 35.4 Å². The van der Waals surface area contributed by atoms with Crippen molar-refractivity contribution in [1.82, 2.24) is 13.1 Å². The second-order valence-corrected chi connectivity index (χ2v) is 12.2. The molecular formula is C25H23N3O4S3. The molecule has 7 nitrogen and oxygen atoms in total. The van der Waals surface area contributed by atoms with E-state index in [1.54, 1.807) is 60.9 Å². The van der Waals surface area contributed by atoms with E-state index >= 15 is 0 Å². The van der Waals surface area contributed by atoms with Crippen LogP contribution in [0.15, 0.2) is 107 Å². The Labute approximate surface area is 209 Å². The average Bonchev–Trinajstić information content (AvgIpc) is 3.35. The van der Waals surface area contributed by atoms with Crippen molar-refractivity contribution in [3.63, 3.8) is 0 Å². The SMILES string of the molecule is O=S(=O)(/C=C/c1ccccc1)N(CCSc1cccc2nccn12)S(=O)(=O)/C=C/c1ccccc1. The van der Waals surface area contributed by atoms with Gasteiger partial charge in [-0.1, -0.05) is 70.4 Å². The van der Waals surface area contributed by atoms with Gasteiger partial charge < -0.3 is 0 Å². The third kappa shape index (κ3) is 6.49. The number of rotatable bonds is 10. The fourth-order valence-electron chi connectivity index (χ4n) is 3.26. The Morgan fingerprint density at radius 1 is 0.771 bits per heavy atom. The van der Waals surface area contributed by atoms with E-state index in [1.807, 2.05) is 34.7 Å². The van der Waals surface area contributed by atoms with Crippen LogP contribution >= 0.6 is 11.8 Å². The Morgan fingerprint density at radius 2 is 1.34 bits per heavy atom. The molecule has 0 saturated heterocycles. The standard InChI is InChI=1S/C25H23N3O4S3/c29-34(30,20-14-22-8-3-1-4-9-22)28(35(31,32)21-15-23-10-5-2-6-11-23)18-19-33-25-13-7-12-24-26-16-17-27(24)25/h1-17,20-21H,18-19H2/b20-14+,21-15+. The maximum atomic E-state index is 13.2. The minimum absolute atomic E-state index is 0.216. The lowest BCUT2D eigenvalue weighted by molar-refractivity contribution is 0.520. The molecule has 0 saturated carbocycles. The Morgan fingerprint density at radius 3 is 1.91 bits per heavy atom. The fourth-order valence-corrected chi connectivity index (χ4v) is 7.52. The van der Waals surface area contributed by atoms with Crippen molar-refractivity contribution in [2.24, 2.45) is 0 Å². The molecule has 0 N–H and O–H groups in total. The van der Waals surface area contributed by atoms with Gasteiger partial charge in [-0.15, -0.1) is 11.8 Å². The van der Waals surface area contributed by atoms with Gasteiger partial charge in [-0.3, -0.25) is 4.40 Å². The lowest BCUT2D eigenvalue weighted by Crippen LogP contribution is -2.36. The molecule has 2 aromatic heterocycles. The molecule has 0 bridgehead atoms. The molecule has 180 valence electrons. The number of pyridine rings is 1. The van der Waals surface area contributed by atoms with E-state index in [0.29, 0.717) is 14.8 Å². The summed E-state index contributed by atoms with van der Waals surface area (Å²) in [4.78, 5) is 4.24. The number of hydrogen-bond donors (Lipinski definition) is 0. The summed E-state index contributed by atoms with van der Waals surface area (Å²) in [7, 11) is -8.58. The molecule has 10 heteroatoms. The van der Waals surface area contributed by atoms with Crippen LogP contribution in [0.1, 0.15) is 11.1 Å². The van der Waals surface area contributed by atoms with Crippen LogP contribution in [0.3, 0.4) is 0 Å². The van der Waals surface area contributed by atoms with E-state index in [1.165, 1.54) is 23.9 Å². The van der Waals surface area contributed by atoms with Crippen LogP contribution in [-0.4, -0.2) is 42.2 Å². The molecule has 0 amide bonds. The maximum Gasteiger partial charge on any atom is 0.249 e. The van der Waals surface area contributed by atoms with Crippen LogP contribution in [0.25, 0.3) is 17.8 Å². The maximum absolute atomic E-state index is 13.2. The molecule has 2 heterocycles. The Hall–Kier alpha value is -3.18. The molecular weight excluding hydrogens is 502 g/mol. The van der Waals surface area contributed by atoms with Crippen molar-refractivity contribution in [2.75, 3.05) is 12.3 Å². The topological polar surface area (TPSA) is 88.8 Å². The highest BCUT2D eigenvalue weighted by Gasteiger charge is 2.30. The van der Waals surface area contributed by atoms with Gasteiger partial charge >= 0.3 is 0 Å². The molecule has 0 fully saturated rings. The average molecular weight is 526 g/mol. The Kier molecular flexibility index (Phi) is 7.86. The highest BCUT2D eigenvalue weighted by molar-refractivity contribution is 8.07. The first kappa shape index (κ1) is 24.9. The van der Waals surface area contributed by atoms with Crippen LogP contribution in [0.2, 0.25) is 0 Å². The van der Waals surface area contributed by atoms with E-state index in [-0.39, 0.29) is 12.3 Å².